The van der Waals surface area contributed by atoms with Gasteiger partial charge in [0, 0.05) is 24.9 Å². The van der Waals surface area contributed by atoms with Crippen molar-refractivity contribution in [3.05, 3.63) is 60.3 Å². The highest BCUT2D eigenvalue weighted by molar-refractivity contribution is 5.80. The zero-order valence-electron chi connectivity index (χ0n) is 14.3. The largest absolute Gasteiger partial charge is 0.465 e. The topological polar surface area (TPSA) is 81.5 Å². The Morgan fingerprint density at radius 1 is 1.23 bits per heavy atom. The van der Waals surface area contributed by atoms with Crippen LogP contribution in [0.2, 0.25) is 0 Å². The molecular weight excluding hydrogens is 334 g/mol. The van der Waals surface area contributed by atoms with Crippen LogP contribution in [0.15, 0.2) is 64.6 Å². The van der Waals surface area contributed by atoms with Crippen LogP contribution in [0.4, 0.5) is 0 Å². The molecule has 0 spiro atoms. The molecule has 4 aromatic rings. The highest BCUT2D eigenvalue weighted by Crippen LogP contribution is 2.25. The molecular formula is C19H17N3O4. The maximum atomic E-state index is 9.46. The molecule has 0 fully saturated rings. The van der Waals surface area contributed by atoms with Gasteiger partial charge in [-0.15, -0.1) is 0 Å². The van der Waals surface area contributed by atoms with Crippen LogP contribution in [-0.2, 0) is 4.74 Å². The predicted octanol–water partition coefficient (Wildman–Crippen LogP) is 3.41. The Morgan fingerprint density at radius 2 is 2.12 bits per heavy atom. The van der Waals surface area contributed by atoms with Crippen molar-refractivity contribution in [2.24, 2.45) is 5.16 Å². The monoisotopic (exact) mass is 351 g/mol. The first-order chi connectivity index (χ1) is 12.7. The van der Waals surface area contributed by atoms with Crippen LogP contribution in [0.5, 0.6) is 5.75 Å². The SMILES string of the molecule is COC(C)Oc1ccc2oc(-c3cc4cccn4cn3)c/c(=N\O)c2c1. The molecule has 0 radical (unpaired) electrons. The van der Waals surface area contributed by atoms with E-state index in [1.807, 2.05) is 28.8 Å². The normalized spacial score (nSPS) is 13.4. The summed E-state index contributed by atoms with van der Waals surface area (Å²) < 4.78 is 18.6. The molecule has 1 aromatic carbocycles. The van der Waals surface area contributed by atoms with Crippen molar-refractivity contribution in [2.45, 2.75) is 13.2 Å². The van der Waals surface area contributed by atoms with Crippen molar-refractivity contribution in [3.8, 4) is 17.2 Å². The second-order valence-electron chi connectivity index (χ2n) is 5.79. The molecule has 0 saturated carbocycles. The van der Waals surface area contributed by atoms with Gasteiger partial charge in [0.1, 0.15) is 22.4 Å². The summed E-state index contributed by atoms with van der Waals surface area (Å²) in [7, 11) is 1.57. The van der Waals surface area contributed by atoms with E-state index in [-0.39, 0.29) is 0 Å². The van der Waals surface area contributed by atoms with Crippen LogP contribution in [0.25, 0.3) is 27.9 Å². The first-order valence-corrected chi connectivity index (χ1v) is 8.06. The Labute approximate surface area is 148 Å². The molecule has 3 aromatic heterocycles. The van der Waals surface area contributed by atoms with E-state index in [1.54, 1.807) is 44.6 Å². The minimum Gasteiger partial charge on any atom is -0.465 e. The number of fused-ring (bicyclic) bond motifs is 2. The van der Waals surface area contributed by atoms with E-state index < -0.39 is 6.29 Å². The fourth-order valence-corrected chi connectivity index (χ4v) is 2.74. The number of ether oxygens (including phenoxy) is 2. The van der Waals surface area contributed by atoms with E-state index in [0.717, 1.165) is 5.52 Å². The van der Waals surface area contributed by atoms with Gasteiger partial charge in [0.2, 0.25) is 0 Å². The number of hydrogen-bond donors (Lipinski definition) is 1. The molecule has 7 nitrogen and oxygen atoms in total. The summed E-state index contributed by atoms with van der Waals surface area (Å²) in [6, 6.07) is 12.8. The number of nitrogens with zero attached hydrogens (tertiary/aromatic N) is 3. The number of aromatic nitrogens is 2. The smallest absolute Gasteiger partial charge is 0.196 e. The summed E-state index contributed by atoms with van der Waals surface area (Å²) in [4.78, 5) is 4.40. The van der Waals surface area contributed by atoms with Gasteiger partial charge in [-0.2, -0.15) is 0 Å². The van der Waals surface area contributed by atoms with E-state index in [9.17, 15) is 5.21 Å². The number of hydrogen-bond acceptors (Lipinski definition) is 6. The van der Waals surface area contributed by atoms with Gasteiger partial charge >= 0.3 is 0 Å². The molecule has 3 heterocycles. The van der Waals surface area contributed by atoms with Gasteiger partial charge in [-0.3, -0.25) is 0 Å². The number of rotatable bonds is 4. The van der Waals surface area contributed by atoms with E-state index in [4.69, 9.17) is 13.9 Å². The molecule has 1 N–H and O–H groups in total. The van der Waals surface area contributed by atoms with Gasteiger partial charge in [-0.05, 0) is 43.3 Å². The van der Waals surface area contributed by atoms with Crippen molar-refractivity contribution in [2.75, 3.05) is 7.11 Å². The Hall–Kier alpha value is -3.32. The van der Waals surface area contributed by atoms with E-state index in [2.05, 4.69) is 10.1 Å². The van der Waals surface area contributed by atoms with Crippen molar-refractivity contribution in [3.63, 3.8) is 0 Å². The van der Waals surface area contributed by atoms with E-state index >= 15 is 0 Å². The van der Waals surface area contributed by atoms with Crippen LogP contribution >= 0.6 is 0 Å². The Morgan fingerprint density at radius 3 is 2.92 bits per heavy atom. The van der Waals surface area contributed by atoms with Gasteiger partial charge in [-0.25, -0.2) is 4.98 Å². The van der Waals surface area contributed by atoms with Crippen LogP contribution in [0.1, 0.15) is 6.92 Å². The standard InChI is InChI=1S/C19H17N3O4/c1-12(24-2)25-14-5-6-18-15(9-14)16(21-23)10-19(26-18)17-8-13-4-3-7-22(13)11-20-17/h3-12,23H,1-2H3/b21-16+. The molecule has 0 aliphatic heterocycles. The average Bonchev–Trinajstić information content (AvgIpc) is 3.14. The summed E-state index contributed by atoms with van der Waals surface area (Å²) in [5.41, 5.74) is 2.20. The summed E-state index contributed by atoms with van der Waals surface area (Å²) >= 11 is 0. The molecule has 1 unspecified atom stereocenters. The number of benzene rings is 1. The maximum Gasteiger partial charge on any atom is 0.196 e. The van der Waals surface area contributed by atoms with Crippen molar-refractivity contribution in [1.29, 1.82) is 0 Å². The third-order valence-electron chi connectivity index (χ3n) is 4.13. The third kappa shape index (κ3) is 2.89. The molecule has 26 heavy (non-hydrogen) atoms. The highest BCUT2D eigenvalue weighted by Gasteiger charge is 2.10. The highest BCUT2D eigenvalue weighted by atomic mass is 16.7. The Kier molecular flexibility index (Phi) is 4.06. The van der Waals surface area contributed by atoms with Crippen LogP contribution in [0.3, 0.4) is 0 Å². The van der Waals surface area contributed by atoms with Gasteiger partial charge in [0.25, 0.3) is 0 Å². The maximum absolute atomic E-state index is 9.46. The van der Waals surface area contributed by atoms with Gasteiger partial charge in [0.15, 0.2) is 12.1 Å². The van der Waals surface area contributed by atoms with Crippen molar-refractivity contribution in [1.82, 2.24) is 9.38 Å². The zero-order chi connectivity index (χ0) is 18.1. The molecule has 0 amide bonds. The van der Waals surface area contributed by atoms with E-state index in [1.165, 1.54) is 0 Å². The Bertz CT molecular complexity index is 1150. The van der Waals surface area contributed by atoms with Gasteiger partial charge in [-0.1, -0.05) is 5.16 Å². The average molecular weight is 351 g/mol. The third-order valence-corrected chi connectivity index (χ3v) is 4.13. The minimum atomic E-state index is -0.392. The van der Waals surface area contributed by atoms with E-state index in [0.29, 0.717) is 33.5 Å². The second-order valence-corrected chi connectivity index (χ2v) is 5.79. The van der Waals surface area contributed by atoms with Crippen LogP contribution in [-0.4, -0.2) is 28.0 Å². The van der Waals surface area contributed by atoms with Crippen molar-refractivity contribution < 1.29 is 19.1 Å². The van der Waals surface area contributed by atoms with Gasteiger partial charge in [0.05, 0.1) is 11.7 Å². The van der Waals surface area contributed by atoms with Gasteiger partial charge < -0.3 is 23.5 Å². The zero-order valence-corrected chi connectivity index (χ0v) is 14.3. The summed E-state index contributed by atoms with van der Waals surface area (Å²) in [6.45, 7) is 1.79. The molecule has 132 valence electrons. The minimum absolute atomic E-state index is 0.369. The molecule has 0 bridgehead atoms. The van der Waals surface area contributed by atoms with Crippen LogP contribution in [0, 0.1) is 0 Å². The number of methoxy groups -OCH3 is 1. The second kappa shape index (κ2) is 6.53. The summed E-state index contributed by atoms with van der Waals surface area (Å²) in [6.07, 6.45) is 3.24. The lowest BCUT2D eigenvalue weighted by molar-refractivity contribution is -0.0382. The fraction of sp³-hybridized carbons (Fsp3) is 0.158. The predicted molar refractivity (Wildman–Crippen MR) is 94.8 cm³/mol. The van der Waals surface area contributed by atoms with Crippen molar-refractivity contribution >= 4 is 16.5 Å². The fourth-order valence-electron chi connectivity index (χ4n) is 2.74. The molecule has 7 heteroatoms. The molecule has 4 rings (SSSR count). The lowest BCUT2D eigenvalue weighted by atomic mass is 10.2. The molecule has 1 atom stereocenters. The van der Waals surface area contributed by atoms with Crippen LogP contribution < -0.4 is 10.1 Å². The Balaban J connectivity index is 1.83. The summed E-state index contributed by atoms with van der Waals surface area (Å²) in [5.74, 6) is 1.10. The first kappa shape index (κ1) is 16.2. The lowest BCUT2D eigenvalue weighted by Crippen LogP contribution is -2.13. The molecule has 0 saturated heterocycles. The molecule has 0 aliphatic carbocycles. The first-order valence-electron chi connectivity index (χ1n) is 8.06. The molecule has 0 aliphatic rings. The lowest BCUT2D eigenvalue weighted by Gasteiger charge is -2.13. The quantitative estimate of drug-likeness (QED) is 0.346. The summed E-state index contributed by atoms with van der Waals surface area (Å²) in [5, 5.41) is 13.9.